The summed E-state index contributed by atoms with van der Waals surface area (Å²) in [4.78, 5) is 4.21. The Morgan fingerprint density at radius 2 is 2.05 bits per heavy atom. The number of sulfonamides is 1. The molecule has 1 heterocycles. The number of aromatic nitrogens is 3. The lowest BCUT2D eigenvalue weighted by molar-refractivity contribution is 0.440. The van der Waals surface area contributed by atoms with Gasteiger partial charge in [0, 0.05) is 7.05 Å². The van der Waals surface area contributed by atoms with Gasteiger partial charge in [0.15, 0.2) is 0 Å². The van der Waals surface area contributed by atoms with Crippen molar-refractivity contribution in [2.45, 2.75) is 52.0 Å². The van der Waals surface area contributed by atoms with E-state index in [1.165, 1.54) is 6.33 Å². The largest absolute Gasteiger partial charge is 0.252 e. The first-order valence-corrected chi connectivity index (χ1v) is 9.36. The fourth-order valence-corrected chi connectivity index (χ4v) is 4.74. The highest BCUT2D eigenvalue weighted by atomic mass is 32.2. The minimum atomic E-state index is -3.28. The van der Waals surface area contributed by atoms with Gasteiger partial charge >= 0.3 is 0 Å². The van der Waals surface area contributed by atoms with Gasteiger partial charge in [0.05, 0.1) is 11.8 Å². The molecule has 0 saturated heterocycles. The van der Waals surface area contributed by atoms with Crippen LogP contribution in [0.2, 0.25) is 0 Å². The molecule has 1 saturated carbocycles. The number of rotatable bonds is 7. The molecule has 0 aliphatic heterocycles. The molecule has 1 atom stereocenters. The molecule has 6 nitrogen and oxygen atoms in total. The maximum absolute atomic E-state index is 12.4. The molecule has 1 aromatic rings. The smallest absolute Gasteiger partial charge is 0.212 e. The van der Waals surface area contributed by atoms with Gasteiger partial charge in [-0.25, -0.2) is 18.1 Å². The van der Waals surface area contributed by atoms with E-state index in [1.54, 1.807) is 11.7 Å². The highest BCUT2D eigenvalue weighted by Crippen LogP contribution is 2.27. The van der Waals surface area contributed by atoms with Crippen LogP contribution in [-0.2, 0) is 17.1 Å². The van der Waals surface area contributed by atoms with Crippen molar-refractivity contribution in [1.82, 2.24) is 19.5 Å². The lowest BCUT2D eigenvalue weighted by Crippen LogP contribution is -2.34. The maximum atomic E-state index is 12.4. The lowest BCUT2D eigenvalue weighted by Gasteiger charge is -2.21. The maximum Gasteiger partial charge on any atom is 0.212 e. The van der Waals surface area contributed by atoms with Gasteiger partial charge in [-0.3, -0.25) is 4.68 Å². The van der Waals surface area contributed by atoms with Crippen molar-refractivity contribution in [1.29, 1.82) is 0 Å². The summed E-state index contributed by atoms with van der Waals surface area (Å²) in [5.41, 5.74) is 0. The van der Waals surface area contributed by atoms with Crippen LogP contribution >= 0.6 is 0 Å². The van der Waals surface area contributed by atoms with Crippen LogP contribution in [0.3, 0.4) is 0 Å². The molecule has 0 unspecified atom stereocenters. The molecule has 1 aromatic heterocycles. The molecule has 1 aliphatic rings. The van der Waals surface area contributed by atoms with E-state index in [2.05, 4.69) is 28.7 Å². The van der Waals surface area contributed by atoms with E-state index in [9.17, 15) is 8.42 Å². The normalized spacial score (nSPS) is 18.5. The van der Waals surface area contributed by atoms with Crippen molar-refractivity contribution < 1.29 is 8.42 Å². The van der Waals surface area contributed by atoms with E-state index >= 15 is 0 Å². The number of hydrogen-bond acceptors (Lipinski definition) is 4. The van der Waals surface area contributed by atoms with Crippen molar-refractivity contribution in [3.8, 4) is 0 Å². The van der Waals surface area contributed by atoms with E-state index in [-0.39, 0.29) is 11.8 Å². The van der Waals surface area contributed by atoms with Crippen LogP contribution in [0.4, 0.5) is 0 Å². The zero-order valence-corrected chi connectivity index (χ0v) is 13.9. The lowest BCUT2D eigenvalue weighted by atomic mass is 10.0. The molecule has 1 N–H and O–H groups in total. The molecule has 0 radical (unpaired) electrons. The molecule has 0 bridgehead atoms. The van der Waals surface area contributed by atoms with Gasteiger partial charge in [-0.05, 0) is 31.1 Å². The van der Waals surface area contributed by atoms with Crippen molar-refractivity contribution >= 4 is 10.0 Å². The Morgan fingerprint density at radius 1 is 1.38 bits per heavy atom. The van der Waals surface area contributed by atoms with E-state index < -0.39 is 10.0 Å². The summed E-state index contributed by atoms with van der Waals surface area (Å²) in [6, 6.07) is -0.302. The molecule has 7 heteroatoms. The third kappa shape index (κ3) is 4.78. The number of aryl methyl sites for hydroxylation is 1. The molecule has 2 rings (SSSR count). The van der Waals surface area contributed by atoms with Crippen LogP contribution in [-0.4, -0.2) is 28.9 Å². The standard InChI is InChI=1S/C14H26N4O2S/c1-11(2)8-13(14-15-10-16-18(14)3)17-21(19,20)9-12-6-4-5-7-12/h10-13,17H,4-9H2,1-3H3/t13-/m1/s1. The van der Waals surface area contributed by atoms with Crippen LogP contribution in [0.5, 0.6) is 0 Å². The first-order valence-electron chi connectivity index (χ1n) is 7.71. The number of hydrogen-bond donors (Lipinski definition) is 1. The van der Waals surface area contributed by atoms with Gasteiger partial charge in [-0.15, -0.1) is 0 Å². The highest BCUT2D eigenvalue weighted by molar-refractivity contribution is 7.89. The monoisotopic (exact) mass is 314 g/mol. The Bertz CT molecular complexity index is 547. The summed E-state index contributed by atoms with van der Waals surface area (Å²) in [6.07, 6.45) is 6.54. The predicted molar refractivity (Wildman–Crippen MR) is 82.1 cm³/mol. The van der Waals surface area contributed by atoms with Crippen LogP contribution < -0.4 is 4.72 Å². The summed E-state index contributed by atoms with van der Waals surface area (Å²) in [6.45, 7) is 4.16. The third-order valence-corrected chi connectivity index (χ3v) is 5.57. The predicted octanol–water partition coefficient (Wildman–Crippen LogP) is 2.01. The zero-order valence-electron chi connectivity index (χ0n) is 13.1. The van der Waals surface area contributed by atoms with Crippen LogP contribution in [0.1, 0.15) is 57.8 Å². The minimum Gasteiger partial charge on any atom is -0.252 e. The Kier molecular flexibility index (Phi) is 5.37. The molecule has 21 heavy (non-hydrogen) atoms. The second kappa shape index (κ2) is 6.87. The first kappa shape index (κ1) is 16.4. The third-order valence-electron chi connectivity index (χ3n) is 4.02. The summed E-state index contributed by atoms with van der Waals surface area (Å²) >= 11 is 0. The molecule has 1 fully saturated rings. The van der Waals surface area contributed by atoms with Crippen LogP contribution in [0.25, 0.3) is 0 Å². The average Bonchev–Trinajstić information content (AvgIpc) is 2.98. The summed E-state index contributed by atoms with van der Waals surface area (Å²) in [5.74, 6) is 1.60. The molecule has 120 valence electrons. The van der Waals surface area contributed by atoms with Crippen molar-refractivity contribution in [2.24, 2.45) is 18.9 Å². The van der Waals surface area contributed by atoms with E-state index in [4.69, 9.17) is 0 Å². The van der Waals surface area contributed by atoms with Crippen LogP contribution in [0.15, 0.2) is 6.33 Å². The average molecular weight is 314 g/mol. The van der Waals surface area contributed by atoms with Crippen molar-refractivity contribution in [3.63, 3.8) is 0 Å². The van der Waals surface area contributed by atoms with Crippen LogP contribution in [0, 0.1) is 11.8 Å². The van der Waals surface area contributed by atoms with Gasteiger partial charge in [-0.1, -0.05) is 26.7 Å². The van der Waals surface area contributed by atoms with E-state index in [0.717, 1.165) is 32.1 Å². The SMILES string of the molecule is CC(C)C[C@@H](NS(=O)(=O)CC1CCCC1)c1ncnn1C. The van der Waals surface area contributed by atoms with Gasteiger partial charge in [0.1, 0.15) is 12.2 Å². The number of nitrogens with one attached hydrogen (secondary N) is 1. The fraction of sp³-hybridized carbons (Fsp3) is 0.857. The molecule has 0 amide bonds. The molecular formula is C14H26N4O2S. The summed E-state index contributed by atoms with van der Waals surface area (Å²) in [7, 11) is -1.49. The van der Waals surface area contributed by atoms with E-state index in [0.29, 0.717) is 17.7 Å². The second-order valence-electron chi connectivity index (χ2n) is 6.47. The van der Waals surface area contributed by atoms with E-state index in [1.807, 2.05) is 0 Å². The molecule has 1 aliphatic carbocycles. The molecule has 0 aromatic carbocycles. The number of nitrogens with zero attached hydrogens (tertiary/aromatic N) is 3. The van der Waals surface area contributed by atoms with Crippen molar-refractivity contribution in [3.05, 3.63) is 12.2 Å². The summed E-state index contributed by atoms with van der Waals surface area (Å²) in [5, 5.41) is 4.05. The first-order chi connectivity index (χ1) is 9.87. The Labute approximate surface area is 127 Å². The van der Waals surface area contributed by atoms with Gasteiger partial charge in [-0.2, -0.15) is 5.10 Å². The Hall–Kier alpha value is -0.950. The topological polar surface area (TPSA) is 76.9 Å². The summed E-state index contributed by atoms with van der Waals surface area (Å²) < 4.78 is 29.3. The van der Waals surface area contributed by atoms with Gasteiger partial charge in [0.25, 0.3) is 0 Å². The van der Waals surface area contributed by atoms with Crippen molar-refractivity contribution in [2.75, 3.05) is 5.75 Å². The fourth-order valence-electron chi connectivity index (χ4n) is 3.05. The Morgan fingerprint density at radius 3 is 2.57 bits per heavy atom. The van der Waals surface area contributed by atoms with Gasteiger partial charge in [0.2, 0.25) is 10.0 Å². The molecular weight excluding hydrogens is 288 g/mol. The van der Waals surface area contributed by atoms with Gasteiger partial charge < -0.3 is 0 Å². The Balaban J connectivity index is 2.08. The second-order valence-corrected chi connectivity index (χ2v) is 8.27. The minimum absolute atomic E-state index is 0.236. The highest BCUT2D eigenvalue weighted by Gasteiger charge is 2.27. The quantitative estimate of drug-likeness (QED) is 0.835. The molecule has 0 spiro atoms. The zero-order chi connectivity index (χ0) is 15.5.